The Morgan fingerprint density at radius 3 is 2.93 bits per heavy atom. The number of piperidine rings is 1. The highest BCUT2D eigenvalue weighted by Gasteiger charge is 2.25. The van der Waals surface area contributed by atoms with Gasteiger partial charge in [-0.15, -0.1) is 0 Å². The minimum atomic E-state index is -0.338. The number of hydrogen-bond donors (Lipinski definition) is 1. The van der Waals surface area contributed by atoms with Crippen LogP contribution < -0.4 is 5.32 Å². The number of nitrogens with zero attached hydrogens (tertiary/aromatic N) is 3. The van der Waals surface area contributed by atoms with Gasteiger partial charge in [0, 0.05) is 36.1 Å². The van der Waals surface area contributed by atoms with Crippen molar-refractivity contribution < 1.29 is 9.18 Å². The molecule has 0 bridgehead atoms. The summed E-state index contributed by atoms with van der Waals surface area (Å²) in [6.45, 7) is 5.54. The number of anilines is 2. The number of rotatable bonds is 3. The largest absolute Gasteiger partial charge is 0.354 e. The van der Waals surface area contributed by atoms with Crippen LogP contribution in [-0.4, -0.2) is 33.9 Å². The Morgan fingerprint density at radius 2 is 2.14 bits per heavy atom. The van der Waals surface area contributed by atoms with Crippen molar-refractivity contribution >= 4 is 28.3 Å². The third-order valence-electron chi connectivity index (χ3n) is 5.14. The summed E-state index contributed by atoms with van der Waals surface area (Å²) in [5, 5.41) is 3.98. The number of hydrogen-bond acceptors (Lipinski definition) is 4. The predicted molar refractivity (Wildman–Crippen MR) is 108 cm³/mol. The number of benzene rings is 1. The maximum absolute atomic E-state index is 13.7. The second kappa shape index (κ2) is 7.54. The summed E-state index contributed by atoms with van der Waals surface area (Å²) in [7, 11) is 0. The maximum Gasteiger partial charge on any atom is 0.257 e. The summed E-state index contributed by atoms with van der Waals surface area (Å²) >= 11 is 0. The van der Waals surface area contributed by atoms with Gasteiger partial charge in [-0.3, -0.25) is 4.79 Å². The average molecular weight is 378 g/mol. The summed E-state index contributed by atoms with van der Waals surface area (Å²) < 4.78 is 13.7. The molecule has 1 N–H and O–H groups in total. The number of carbonyl (C=O) groups excluding carboxylic acids is 1. The van der Waals surface area contributed by atoms with Gasteiger partial charge in [-0.1, -0.05) is 13.0 Å². The van der Waals surface area contributed by atoms with Crippen molar-refractivity contribution in [2.45, 2.75) is 26.7 Å². The zero-order valence-corrected chi connectivity index (χ0v) is 16.1. The smallest absolute Gasteiger partial charge is 0.257 e. The van der Waals surface area contributed by atoms with Crippen molar-refractivity contribution in [2.75, 3.05) is 18.4 Å². The van der Waals surface area contributed by atoms with E-state index >= 15 is 0 Å². The van der Waals surface area contributed by atoms with Gasteiger partial charge < -0.3 is 10.2 Å². The molecule has 0 spiro atoms. The average Bonchev–Trinajstić information content (AvgIpc) is 2.67. The first kappa shape index (κ1) is 18.3. The number of pyridine rings is 2. The van der Waals surface area contributed by atoms with Crippen LogP contribution in [0.4, 0.5) is 15.8 Å². The molecule has 1 unspecified atom stereocenters. The Bertz CT molecular complexity index is 1040. The van der Waals surface area contributed by atoms with Crippen LogP contribution in [0.2, 0.25) is 0 Å². The van der Waals surface area contributed by atoms with Crippen LogP contribution >= 0.6 is 0 Å². The van der Waals surface area contributed by atoms with Crippen molar-refractivity contribution in [2.24, 2.45) is 5.92 Å². The summed E-state index contributed by atoms with van der Waals surface area (Å²) in [5.41, 5.74) is 3.08. The lowest BCUT2D eigenvalue weighted by Crippen LogP contribution is -2.39. The van der Waals surface area contributed by atoms with E-state index in [4.69, 9.17) is 0 Å². The third-order valence-corrected chi connectivity index (χ3v) is 5.14. The van der Waals surface area contributed by atoms with Crippen molar-refractivity contribution in [3.8, 4) is 0 Å². The van der Waals surface area contributed by atoms with Gasteiger partial charge in [-0.05, 0) is 56.0 Å². The van der Waals surface area contributed by atoms with Crippen LogP contribution in [0.1, 0.15) is 35.8 Å². The molecular formula is C22H23FN4O. The zero-order chi connectivity index (χ0) is 19.7. The van der Waals surface area contributed by atoms with Crippen molar-refractivity contribution in [1.29, 1.82) is 0 Å². The molecular weight excluding hydrogens is 355 g/mol. The summed E-state index contributed by atoms with van der Waals surface area (Å²) in [6, 6.07) is 10.00. The van der Waals surface area contributed by atoms with Gasteiger partial charge >= 0.3 is 0 Å². The van der Waals surface area contributed by atoms with Crippen molar-refractivity contribution in [1.82, 2.24) is 14.9 Å². The molecule has 0 aliphatic carbocycles. The van der Waals surface area contributed by atoms with Crippen LogP contribution in [0.25, 0.3) is 11.0 Å². The molecule has 4 rings (SSSR count). The van der Waals surface area contributed by atoms with E-state index in [0.717, 1.165) is 37.0 Å². The molecule has 3 heterocycles. The van der Waals surface area contributed by atoms with Gasteiger partial charge in [0.15, 0.2) is 5.65 Å². The molecule has 1 amide bonds. The highest BCUT2D eigenvalue weighted by Crippen LogP contribution is 2.30. The fourth-order valence-electron chi connectivity index (χ4n) is 3.72. The van der Waals surface area contributed by atoms with E-state index in [0.29, 0.717) is 28.5 Å². The summed E-state index contributed by atoms with van der Waals surface area (Å²) in [5.74, 6) is 0.0885. The number of likely N-dealkylation sites (tertiary alicyclic amines) is 1. The lowest BCUT2D eigenvalue weighted by molar-refractivity contribution is 0.0684. The summed E-state index contributed by atoms with van der Waals surface area (Å²) in [4.78, 5) is 24.1. The zero-order valence-electron chi connectivity index (χ0n) is 16.1. The van der Waals surface area contributed by atoms with Gasteiger partial charge in [0.2, 0.25) is 0 Å². The van der Waals surface area contributed by atoms with Gasteiger partial charge in [-0.2, -0.15) is 0 Å². The topological polar surface area (TPSA) is 58.1 Å². The molecule has 2 aromatic heterocycles. The fourth-order valence-corrected chi connectivity index (χ4v) is 3.72. The molecule has 1 fully saturated rings. The van der Waals surface area contributed by atoms with Crippen LogP contribution in [-0.2, 0) is 0 Å². The normalized spacial score (nSPS) is 17.0. The van der Waals surface area contributed by atoms with Gasteiger partial charge in [0.05, 0.1) is 11.3 Å². The standard InChI is InChI=1S/C22H23FN4O/c1-14-5-4-10-27(13-14)22(28)19-12-24-21-18(9-8-15(2)25-21)20(19)26-17-7-3-6-16(23)11-17/h3,6-9,11-12,14H,4-5,10,13H2,1-2H3,(H,24,25,26). The van der Waals surface area contributed by atoms with Crippen molar-refractivity contribution in [3.05, 3.63) is 59.7 Å². The highest BCUT2D eigenvalue weighted by atomic mass is 19.1. The Hall–Kier alpha value is -3.02. The molecule has 1 aliphatic rings. The Balaban J connectivity index is 1.80. The van der Waals surface area contributed by atoms with E-state index in [-0.39, 0.29) is 11.7 Å². The van der Waals surface area contributed by atoms with Crippen molar-refractivity contribution in [3.63, 3.8) is 0 Å². The monoisotopic (exact) mass is 378 g/mol. The maximum atomic E-state index is 13.7. The molecule has 6 heteroatoms. The first-order valence-electron chi connectivity index (χ1n) is 9.59. The van der Waals surface area contributed by atoms with E-state index in [1.54, 1.807) is 18.3 Å². The number of nitrogens with one attached hydrogen (secondary N) is 1. The van der Waals surface area contributed by atoms with E-state index < -0.39 is 0 Å². The second-order valence-electron chi connectivity index (χ2n) is 7.50. The number of amides is 1. The van der Waals surface area contributed by atoms with Gasteiger partial charge in [0.1, 0.15) is 5.82 Å². The number of fused-ring (bicyclic) bond motifs is 1. The van der Waals surface area contributed by atoms with Gasteiger partial charge in [-0.25, -0.2) is 14.4 Å². The fraction of sp³-hybridized carbons (Fsp3) is 0.318. The minimum Gasteiger partial charge on any atom is -0.354 e. The Morgan fingerprint density at radius 1 is 1.29 bits per heavy atom. The number of carbonyl (C=O) groups is 1. The molecule has 1 aromatic carbocycles. The van der Waals surface area contributed by atoms with E-state index in [9.17, 15) is 9.18 Å². The van der Waals surface area contributed by atoms with Crippen LogP contribution in [0.5, 0.6) is 0 Å². The van der Waals surface area contributed by atoms with Crippen LogP contribution in [0, 0.1) is 18.7 Å². The van der Waals surface area contributed by atoms with E-state index in [1.807, 2.05) is 24.0 Å². The first-order chi connectivity index (χ1) is 13.5. The van der Waals surface area contributed by atoms with Crippen LogP contribution in [0.3, 0.4) is 0 Å². The molecule has 0 radical (unpaired) electrons. The molecule has 1 aliphatic heterocycles. The third kappa shape index (κ3) is 3.67. The molecule has 1 saturated heterocycles. The second-order valence-corrected chi connectivity index (χ2v) is 7.50. The summed E-state index contributed by atoms with van der Waals surface area (Å²) in [6.07, 6.45) is 3.72. The van der Waals surface area contributed by atoms with Crippen LogP contribution in [0.15, 0.2) is 42.6 Å². The Kier molecular flexibility index (Phi) is 4.94. The van der Waals surface area contributed by atoms with E-state index in [1.165, 1.54) is 12.1 Å². The quantitative estimate of drug-likeness (QED) is 0.718. The minimum absolute atomic E-state index is 0.0552. The predicted octanol–water partition coefficient (Wildman–Crippen LogP) is 4.69. The first-order valence-corrected chi connectivity index (χ1v) is 9.59. The molecule has 0 saturated carbocycles. The lowest BCUT2D eigenvalue weighted by atomic mass is 9.99. The van der Waals surface area contributed by atoms with Gasteiger partial charge in [0.25, 0.3) is 5.91 Å². The number of halogens is 1. The number of aromatic nitrogens is 2. The molecule has 5 nitrogen and oxygen atoms in total. The molecule has 28 heavy (non-hydrogen) atoms. The molecule has 144 valence electrons. The highest BCUT2D eigenvalue weighted by molar-refractivity contribution is 6.07. The molecule has 3 aromatic rings. The van der Waals surface area contributed by atoms with E-state index in [2.05, 4.69) is 22.2 Å². The number of aryl methyl sites for hydroxylation is 1. The molecule has 1 atom stereocenters. The lowest BCUT2D eigenvalue weighted by Gasteiger charge is -2.31. The SMILES string of the molecule is Cc1ccc2c(Nc3cccc(F)c3)c(C(=O)N3CCCC(C)C3)cnc2n1. The Labute approximate surface area is 163 Å².